The van der Waals surface area contributed by atoms with Gasteiger partial charge in [-0.3, -0.25) is 0 Å². The van der Waals surface area contributed by atoms with Gasteiger partial charge in [0.15, 0.2) is 0 Å². The molecule has 0 radical (unpaired) electrons. The summed E-state index contributed by atoms with van der Waals surface area (Å²) >= 11 is 3.46. The van der Waals surface area contributed by atoms with Crippen LogP contribution in [0.2, 0.25) is 0 Å². The second-order valence-corrected chi connectivity index (χ2v) is 5.97. The summed E-state index contributed by atoms with van der Waals surface area (Å²) in [5.41, 5.74) is 0. The van der Waals surface area contributed by atoms with Gasteiger partial charge < -0.3 is 10.1 Å². The third kappa shape index (κ3) is 3.20. The summed E-state index contributed by atoms with van der Waals surface area (Å²) in [5, 5.41) is 3.40. The standard InChI is InChI=1S/C13H18BrN3O/c14-11-7-12(17-13(16-11)10-1-2-10)15-5-3-9-4-6-18-8-9/h7,9-10H,1-6,8H2,(H,15,16,17). The van der Waals surface area contributed by atoms with Gasteiger partial charge in [0.05, 0.1) is 0 Å². The van der Waals surface area contributed by atoms with E-state index in [1.807, 2.05) is 6.07 Å². The van der Waals surface area contributed by atoms with E-state index in [2.05, 4.69) is 31.2 Å². The molecule has 0 spiro atoms. The van der Waals surface area contributed by atoms with Gasteiger partial charge in [-0.1, -0.05) is 0 Å². The van der Waals surface area contributed by atoms with E-state index in [-0.39, 0.29) is 0 Å². The Morgan fingerprint density at radius 2 is 2.22 bits per heavy atom. The zero-order chi connectivity index (χ0) is 12.4. The Kier molecular flexibility index (Phi) is 3.80. The molecule has 1 saturated carbocycles. The number of hydrogen-bond donors (Lipinski definition) is 1. The minimum Gasteiger partial charge on any atom is -0.381 e. The van der Waals surface area contributed by atoms with Crippen LogP contribution >= 0.6 is 15.9 Å². The zero-order valence-electron chi connectivity index (χ0n) is 10.4. The molecule has 1 aromatic rings. The lowest BCUT2D eigenvalue weighted by molar-refractivity contribution is 0.185. The van der Waals surface area contributed by atoms with Crippen LogP contribution in [0, 0.1) is 5.92 Å². The number of halogens is 1. The molecule has 18 heavy (non-hydrogen) atoms. The van der Waals surface area contributed by atoms with Crippen molar-refractivity contribution in [2.75, 3.05) is 25.1 Å². The first-order chi connectivity index (χ1) is 8.81. The molecular formula is C13H18BrN3O. The van der Waals surface area contributed by atoms with E-state index in [1.54, 1.807) is 0 Å². The van der Waals surface area contributed by atoms with E-state index in [0.29, 0.717) is 11.8 Å². The average Bonchev–Trinajstić information content (AvgIpc) is 3.08. The molecule has 2 aliphatic rings. The van der Waals surface area contributed by atoms with Crippen LogP contribution in [-0.2, 0) is 4.74 Å². The van der Waals surface area contributed by atoms with E-state index >= 15 is 0 Å². The highest BCUT2D eigenvalue weighted by atomic mass is 79.9. The quantitative estimate of drug-likeness (QED) is 0.849. The maximum absolute atomic E-state index is 5.38. The lowest BCUT2D eigenvalue weighted by Crippen LogP contribution is -2.10. The van der Waals surface area contributed by atoms with E-state index in [9.17, 15) is 0 Å². The molecule has 0 amide bonds. The van der Waals surface area contributed by atoms with Gasteiger partial charge in [0.2, 0.25) is 0 Å². The zero-order valence-corrected chi connectivity index (χ0v) is 11.9. The molecule has 2 fully saturated rings. The molecule has 2 heterocycles. The summed E-state index contributed by atoms with van der Waals surface area (Å²) in [5.74, 6) is 3.23. The first-order valence-corrected chi connectivity index (χ1v) is 7.46. The molecular weight excluding hydrogens is 294 g/mol. The largest absolute Gasteiger partial charge is 0.381 e. The van der Waals surface area contributed by atoms with Gasteiger partial charge in [0.1, 0.15) is 16.2 Å². The normalized spacial score (nSPS) is 23.3. The van der Waals surface area contributed by atoms with Crippen LogP contribution in [0.4, 0.5) is 5.82 Å². The number of nitrogens with zero attached hydrogens (tertiary/aromatic N) is 2. The van der Waals surface area contributed by atoms with Crippen molar-refractivity contribution in [3.8, 4) is 0 Å². The minimum absolute atomic E-state index is 0.589. The van der Waals surface area contributed by atoms with Crippen LogP contribution in [0.3, 0.4) is 0 Å². The molecule has 0 aromatic carbocycles. The van der Waals surface area contributed by atoms with E-state index < -0.39 is 0 Å². The number of hydrogen-bond acceptors (Lipinski definition) is 4. The van der Waals surface area contributed by atoms with Gasteiger partial charge in [-0.25, -0.2) is 9.97 Å². The maximum atomic E-state index is 5.38. The maximum Gasteiger partial charge on any atom is 0.135 e. The predicted molar refractivity (Wildman–Crippen MR) is 73.7 cm³/mol. The van der Waals surface area contributed by atoms with Crippen molar-refractivity contribution in [3.63, 3.8) is 0 Å². The minimum atomic E-state index is 0.589. The second-order valence-electron chi connectivity index (χ2n) is 5.15. The number of ether oxygens (including phenoxy) is 1. The van der Waals surface area contributed by atoms with Gasteiger partial charge in [0.25, 0.3) is 0 Å². The van der Waals surface area contributed by atoms with Gasteiger partial charge in [-0.2, -0.15) is 0 Å². The molecule has 1 aliphatic carbocycles. The fraction of sp³-hybridized carbons (Fsp3) is 0.692. The SMILES string of the molecule is Brc1cc(NCCC2CCOC2)nc(C2CC2)n1. The van der Waals surface area contributed by atoms with Crippen molar-refractivity contribution < 1.29 is 4.74 Å². The molecule has 1 saturated heterocycles. The Morgan fingerprint density at radius 3 is 2.94 bits per heavy atom. The molecule has 1 N–H and O–H groups in total. The number of anilines is 1. The van der Waals surface area contributed by atoms with Crippen molar-refractivity contribution in [1.82, 2.24) is 9.97 Å². The molecule has 4 nitrogen and oxygen atoms in total. The van der Waals surface area contributed by atoms with E-state index in [1.165, 1.54) is 19.3 Å². The lowest BCUT2D eigenvalue weighted by Gasteiger charge is -2.10. The Bertz CT molecular complexity index is 417. The van der Waals surface area contributed by atoms with Gasteiger partial charge in [-0.05, 0) is 47.5 Å². The highest BCUT2D eigenvalue weighted by Gasteiger charge is 2.27. The van der Waals surface area contributed by atoms with E-state index in [0.717, 1.165) is 42.4 Å². The highest BCUT2D eigenvalue weighted by molar-refractivity contribution is 9.10. The topological polar surface area (TPSA) is 47.0 Å². The number of aromatic nitrogens is 2. The number of rotatable bonds is 5. The molecule has 1 atom stereocenters. The summed E-state index contributed by atoms with van der Waals surface area (Å²) in [4.78, 5) is 9.00. The van der Waals surface area contributed by atoms with Gasteiger partial charge in [0, 0.05) is 31.7 Å². The van der Waals surface area contributed by atoms with E-state index in [4.69, 9.17) is 4.74 Å². The highest BCUT2D eigenvalue weighted by Crippen LogP contribution is 2.38. The van der Waals surface area contributed by atoms with Crippen LogP contribution in [0.1, 0.15) is 37.4 Å². The molecule has 0 bridgehead atoms. The van der Waals surface area contributed by atoms with Crippen LogP contribution in [0.15, 0.2) is 10.7 Å². The van der Waals surface area contributed by atoms with Crippen molar-refractivity contribution in [2.45, 2.75) is 31.6 Å². The summed E-state index contributed by atoms with van der Waals surface area (Å²) in [6.45, 7) is 2.81. The van der Waals surface area contributed by atoms with Gasteiger partial charge >= 0.3 is 0 Å². The molecule has 3 rings (SSSR count). The summed E-state index contributed by atoms with van der Waals surface area (Å²) in [6.07, 6.45) is 4.81. The summed E-state index contributed by atoms with van der Waals surface area (Å²) < 4.78 is 6.26. The third-order valence-electron chi connectivity index (χ3n) is 3.54. The monoisotopic (exact) mass is 311 g/mol. The Balaban J connectivity index is 1.54. The van der Waals surface area contributed by atoms with Crippen LogP contribution in [-0.4, -0.2) is 29.7 Å². The first-order valence-electron chi connectivity index (χ1n) is 6.67. The molecule has 1 aliphatic heterocycles. The Hall–Kier alpha value is -0.680. The van der Waals surface area contributed by atoms with Crippen molar-refractivity contribution in [1.29, 1.82) is 0 Å². The van der Waals surface area contributed by atoms with Crippen LogP contribution in [0.25, 0.3) is 0 Å². The van der Waals surface area contributed by atoms with Crippen molar-refractivity contribution >= 4 is 21.7 Å². The first kappa shape index (κ1) is 12.4. The van der Waals surface area contributed by atoms with Crippen LogP contribution in [0.5, 0.6) is 0 Å². The molecule has 1 aromatic heterocycles. The van der Waals surface area contributed by atoms with Crippen molar-refractivity contribution in [2.24, 2.45) is 5.92 Å². The predicted octanol–water partition coefficient (Wildman–Crippen LogP) is 2.96. The molecule has 5 heteroatoms. The Morgan fingerprint density at radius 1 is 1.33 bits per heavy atom. The molecule has 1 unspecified atom stereocenters. The third-order valence-corrected chi connectivity index (χ3v) is 3.94. The fourth-order valence-electron chi connectivity index (χ4n) is 2.27. The second kappa shape index (κ2) is 5.53. The fourth-order valence-corrected chi connectivity index (χ4v) is 2.66. The average molecular weight is 312 g/mol. The summed E-state index contributed by atoms with van der Waals surface area (Å²) in [6, 6.07) is 1.96. The number of nitrogens with one attached hydrogen (secondary N) is 1. The Labute approximate surface area is 116 Å². The smallest absolute Gasteiger partial charge is 0.135 e. The van der Waals surface area contributed by atoms with Gasteiger partial charge in [-0.15, -0.1) is 0 Å². The summed E-state index contributed by atoms with van der Waals surface area (Å²) in [7, 11) is 0. The van der Waals surface area contributed by atoms with Crippen molar-refractivity contribution in [3.05, 3.63) is 16.5 Å². The lowest BCUT2D eigenvalue weighted by atomic mass is 10.1. The molecule has 98 valence electrons. The van der Waals surface area contributed by atoms with Crippen LogP contribution < -0.4 is 5.32 Å².